The number of anilines is 1. The third-order valence-corrected chi connectivity index (χ3v) is 4.46. The summed E-state index contributed by atoms with van der Waals surface area (Å²) in [6.07, 6.45) is 2.20. The maximum atomic E-state index is 11.9. The van der Waals surface area contributed by atoms with Crippen molar-refractivity contribution in [3.63, 3.8) is 0 Å². The highest BCUT2D eigenvalue weighted by Gasteiger charge is 2.10. The summed E-state index contributed by atoms with van der Waals surface area (Å²) in [6.45, 7) is -0.0962. The van der Waals surface area contributed by atoms with Gasteiger partial charge in [0, 0.05) is 22.9 Å². The Bertz CT molecular complexity index is 925. The summed E-state index contributed by atoms with van der Waals surface area (Å²) in [6, 6.07) is 16.9. The molecule has 2 aromatic carbocycles. The number of hydrogen-bond donors (Lipinski definition) is 2. The summed E-state index contributed by atoms with van der Waals surface area (Å²) in [5, 5.41) is 5.32. The molecule has 2 N–H and O–H groups in total. The number of aromatic nitrogens is 1. The molecule has 6 nitrogen and oxygen atoms in total. The summed E-state index contributed by atoms with van der Waals surface area (Å²) in [5.41, 5.74) is 1.59. The Hall–Kier alpha value is -2.93. The highest BCUT2D eigenvalue weighted by atomic mass is 79.9. The van der Waals surface area contributed by atoms with Crippen LogP contribution in [0, 0.1) is 0 Å². The number of benzene rings is 2. The molecule has 0 aliphatic carbocycles. The van der Waals surface area contributed by atoms with E-state index < -0.39 is 0 Å². The van der Waals surface area contributed by atoms with Crippen LogP contribution in [0.3, 0.4) is 0 Å². The van der Waals surface area contributed by atoms with Crippen LogP contribution in [0.4, 0.5) is 5.69 Å². The zero-order valence-corrected chi connectivity index (χ0v) is 16.0. The van der Waals surface area contributed by atoms with Crippen LogP contribution in [-0.2, 0) is 16.0 Å². The average Bonchev–Trinajstić information content (AvgIpc) is 3.16. The molecule has 1 heterocycles. The second-order valence-electron chi connectivity index (χ2n) is 5.79. The van der Waals surface area contributed by atoms with Gasteiger partial charge in [0.15, 0.2) is 11.7 Å². The molecule has 0 bridgehead atoms. The van der Waals surface area contributed by atoms with Crippen LogP contribution in [-0.4, -0.2) is 23.3 Å². The monoisotopic (exact) mass is 427 g/mol. The second kappa shape index (κ2) is 9.14. The number of nitrogens with zero attached hydrogens (tertiary/aromatic N) is 1. The van der Waals surface area contributed by atoms with Crippen LogP contribution in [0.15, 0.2) is 69.7 Å². The minimum atomic E-state index is -0.294. The Kier molecular flexibility index (Phi) is 6.38. The molecule has 2 amide bonds. The summed E-state index contributed by atoms with van der Waals surface area (Å²) in [7, 11) is 0. The molecule has 0 aliphatic rings. The van der Waals surface area contributed by atoms with Gasteiger partial charge in [-0.3, -0.25) is 9.59 Å². The molecule has 0 aliphatic heterocycles. The molecule has 0 unspecified atom stereocenters. The van der Waals surface area contributed by atoms with Crippen molar-refractivity contribution in [2.45, 2.75) is 12.8 Å². The van der Waals surface area contributed by atoms with Crippen LogP contribution >= 0.6 is 15.9 Å². The fraction of sp³-hybridized carbons (Fsp3) is 0.150. The van der Waals surface area contributed by atoms with Gasteiger partial charge >= 0.3 is 0 Å². The zero-order chi connectivity index (χ0) is 19.1. The van der Waals surface area contributed by atoms with Crippen LogP contribution in [0.1, 0.15) is 12.3 Å². The van der Waals surface area contributed by atoms with Gasteiger partial charge in [0.05, 0.1) is 18.4 Å². The van der Waals surface area contributed by atoms with Gasteiger partial charge in [-0.1, -0.05) is 42.5 Å². The van der Waals surface area contributed by atoms with E-state index in [0.717, 1.165) is 10.0 Å². The number of nitrogens with one attached hydrogen (secondary N) is 2. The molecular formula is C20H18BrN3O3. The van der Waals surface area contributed by atoms with Crippen LogP contribution in [0.25, 0.3) is 11.3 Å². The number of halogens is 1. The van der Waals surface area contributed by atoms with Crippen LogP contribution in [0.2, 0.25) is 0 Å². The number of aryl methyl sites for hydroxylation is 1. The molecule has 0 atom stereocenters. The predicted octanol–water partition coefficient (Wildman–Crippen LogP) is 3.79. The van der Waals surface area contributed by atoms with Crippen molar-refractivity contribution < 1.29 is 14.0 Å². The van der Waals surface area contributed by atoms with Gasteiger partial charge in [-0.15, -0.1) is 0 Å². The van der Waals surface area contributed by atoms with Crippen molar-refractivity contribution in [3.8, 4) is 11.3 Å². The van der Waals surface area contributed by atoms with Crippen molar-refractivity contribution >= 4 is 33.4 Å². The van der Waals surface area contributed by atoms with Crippen molar-refractivity contribution in [2.24, 2.45) is 0 Å². The van der Waals surface area contributed by atoms with E-state index in [1.165, 1.54) is 0 Å². The zero-order valence-electron chi connectivity index (χ0n) is 14.4. The highest BCUT2D eigenvalue weighted by Crippen LogP contribution is 2.21. The SMILES string of the molecule is O=C(CCc1ncc(-c2ccccc2)o1)NCC(=O)Nc1ccccc1Br. The second-order valence-corrected chi connectivity index (χ2v) is 6.64. The first-order chi connectivity index (χ1) is 13.1. The van der Waals surface area contributed by atoms with Crippen molar-refractivity contribution in [1.29, 1.82) is 0 Å². The molecule has 138 valence electrons. The lowest BCUT2D eigenvalue weighted by molar-refractivity contribution is -0.124. The Balaban J connectivity index is 1.43. The van der Waals surface area contributed by atoms with Gasteiger partial charge in [-0.2, -0.15) is 0 Å². The molecular weight excluding hydrogens is 410 g/mol. The van der Waals surface area contributed by atoms with Gasteiger partial charge in [-0.25, -0.2) is 4.98 Å². The summed E-state index contributed by atoms with van der Waals surface area (Å²) in [4.78, 5) is 28.1. The molecule has 0 radical (unpaired) electrons. The Morgan fingerprint density at radius 3 is 2.52 bits per heavy atom. The number of carbonyl (C=O) groups excluding carboxylic acids is 2. The molecule has 27 heavy (non-hydrogen) atoms. The molecule has 1 aromatic heterocycles. The smallest absolute Gasteiger partial charge is 0.243 e. The molecule has 7 heteroatoms. The van der Waals surface area contributed by atoms with E-state index in [1.54, 1.807) is 12.3 Å². The third-order valence-electron chi connectivity index (χ3n) is 3.77. The number of carbonyl (C=O) groups is 2. The number of amides is 2. The first kappa shape index (κ1) is 18.8. The van der Waals surface area contributed by atoms with E-state index in [9.17, 15) is 9.59 Å². The van der Waals surface area contributed by atoms with Gasteiger partial charge in [0.25, 0.3) is 0 Å². The molecule has 0 fully saturated rings. The molecule has 0 saturated heterocycles. The quantitative estimate of drug-likeness (QED) is 0.600. The fourth-order valence-corrected chi connectivity index (χ4v) is 2.79. The van der Waals surface area contributed by atoms with E-state index >= 15 is 0 Å². The van der Waals surface area contributed by atoms with Crippen LogP contribution in [0.5, 0.6) is 0 Å². The number of para-hydroxylation sites is 1. The van der Waals surface area contributed by atoms with E-state index in [0.29, 0.717) is 23.8 Å². The predicted molar refractivity (Wildman–Crippen MR) is 106 cm³/mol. The van der Waals surface area contributed by atoms with Crippen LogP contribution < -0.4 is 10.6 Å². The van der Waals surface area contributed by atoms with E-state index in [4.69, 9.17) is 4.42 Å². The normalized spacial score (nSPS) is 10.4. The first-order valence-electron chi connectivity index (χ1n) is 8.43. The topological polar surface area (TPSA) is 84.2 Å². The molecule has 3 aromatic rings. The fourth-order valence-electron chi connectivity index (χ4n) is 2.41. The minimum Gasteiger partial charge on any atom is -0.441 e. The van der Waals surface area contributed by atoms with Crippen molar-refractivity contribution in [2.75, 3.05) is 11.9 Å². The van der Waals surface area contributed by atoms with Crippen molar-refractivity contribution in [1.82, 2.24) is 10.3 Å². The van der Waals surface area contributed by atoms with Gasteiger partial charge in [-0.05, 0) is 28.1 Å². The Labute approximate surface area is 165 Å². The standard InChI is InChI=1S/C20H18BrN3O3/c21-15-8-4-5-9-16(15)24-19(26)13-22-18(25)10-11-20-23-12-17(27-20)14-6-2-1-3-7-14/h1-9,12H,10-11,13H2,(H,22,25)(H,24,26). The van der Waals surface area contributed by atoms with E-state index in [-0.39, 0.29) is 24.8 Å². The lowest BCUT2D eigenvalue weighted by atomic mass is 10.2. The van der Waals surface area contributed by atoms with Gasteiger partial charge < -0.3 is 15.1 Å². The third kappa shape index (κ3) is 5.52. The largest absolute Gasteiger partial charge is 0.441 e. The van der Waals surface area contributed by atoms with Gasteiger partial charge in [0.1, 0.15) is 0 Å². The van der Waals surface area contributed by atoms with E-state index in [1.807, 2.05) is 48.5 Å². The van der Waals surface area contributed by atoms with Gasteiger partial charge in [0.2, 0.25) is 11.8 Å². The molecule has 3 rings (SSSR count). The first-order valence-corrected chi connectivity index (χ1v) is 9.22. The summed E-state index contributed by atoms with van der Waals surface area (Å²) < 4.78 is 6.44. The summed E-state index contributed by atoms with van der Waals surface area (Å²) >= 11 is 3.35. The maximum Gasteiger partial charge on any atom is 0.243 e. The lowest BCUT2D eigenvalue weighted by Crippen LogP contribution is -2.33. The minimum absolute atomic E-state index is 0.0962. The highest BCUT2D eigenvalue weighted by molar-refractivity contribution is 9.10. The Morgan fingerprint density at radius 2 is 1.74 bits per heavy atom. The Morgan fingerprint density at radius 1 is 1.00 bits per heavy atom. The maximum absolute atomic E-state index is 11.9. The lowest BCUT2D eigenvalue weighted by Gasteiger charge is -2.08. The number of oxazole rings is 1. The van der Waals surface area contributed by atoms with E-state index in [2.05, 4.69) is 31.5 Å². The molecule has 0 spiro atoms. The number of rotatable bonds is 7. The van der Waals surface area contributed by atoms with Crippen molar-refractivity contribution in [3.05, 3.63) is 71.2 Å². The molecule has 0 saturated carbocycles. The number of hydrogen-bond acceptors (Lipinski definition) is 4. The summed E-state index contributed by atoms with van der Waals surface area (Å²) in [5.74, 6) is 0.620. The average molecular weight is 428 g/mol.